The standard InChI is InChI=1S/C13H18N4OS/c1-3-17-6-4-11(9-17)8-16(2)10-12(18)15-13-14-5-7-19-13/h4-7,9H,3,8,10H2,1-2H3,(H,14,15,18). The molecule has 0 unspecified atom stereocenters. The summed E-state index contributed by atoms with van der Waals surface area (Å²) in [5, 5.41) is 5.27. The maximum atomic E-state index is 11.8. The minimum atomic E-state index is -0.0348. The molecule has 2 aromatic rings. The van der Waals surface area contributed by atoms with Gasteiger partial charge in [0.1, 0.15) is 0 Å². The Kier molecular flexibility index (Phi) is 4.70. The van der Waals surface area contributed by atoms with Gasteiger partial charge in [0.25, 0.3) is 0 Å². The normalized spacial score (nSPS) is 10.9. The zero-order valence-corrected chi connectivity index (χ0v) is 12.0. The van der Waals surface area contributed by atoms with Crippen LogP contribution in [0.2, 0.25) is 0 Å². The predicted octanol–water partition coefficient (Wildman–Crippen LogP) is 2.03. The SMILES string of the molecule is CCn1ccc(CN(C)CC(=O)Nc2nccs2)c1. The van der Waals surface area contributed by atoms with Gasteiger partial charge >= 0.3 is 0 Å². The van der Waals surface area contributed by atoms with Crippen LogP contribution in [0.3, 0.4) is 0 Å². The monoisotopic (exact) mass is 278 g/mol. The molecule has 0 radical (unpaired) electrons. The van der Waals surface area contributed by atoms with E-state index in [0.717, 1.165) is 13.1 Å². The maximum absolute atomic E-state index is 11.8. The molecule has 0 fully saturated rings. The average Bonchev–Trinajstić information content (AvgIpc) is 3.00. The lowest BCUT2D eigenvalue weighted by Crippen LogP contribution is -2.29. The second-order valence-electron chi connectivity index (χ2n) is 4.41. The molecule has 0 aliphatic heterocycles. The van der Waals surface area contributed by atoms with Crippen LogP contribution < -0.4 is 5.32 Å². The highest BCUT2D eigenvalue weighted by Gasteiger charge is 2.09. The number of likely N-dealkylation sites (N-methyl/N-ethyl adjacent to an activating group) is 1. The number of carbonyl (C=O) groups excluding carboxylic acids is 1. The van der Waals surface area contributed by atoms with E-state index >= 15 is 0 Å². The van der Waals surface area contributed by atoms with Crippen molar-refractivity contribution in [3.05, 3.63) is 35.6 Å². The Morgan fingerprint density at radius 1 is 1.58 bits per heavy atom. The van der Waals surface area contributed by atoms with Crippen molar-refractivity contribution in [2.45, 2.75) is 20.0 Å². The van der Waals surface area contributed by atoms with Gasteiger partial charge in [-0.1, -0.05) is 0 Å². The van der Waals surface area contributed by atoms with Crippen LogP contribution in [0.15, 0.2) is 30.0 Å². The number of hydrogen-bond acceptors (Lipinski definition) is 4. The quantitative estimate of drug-likeness (QED) is 0.879. The Bertz CT molecular complexity index is 520. The first kappa shape index (κ1) is 13.8. The van der Waals surface area contributed by atoms with E-state index in [-0.39, 0.29) is 5.91 Å². The number of hydrogen-bond donors (Lipinski definition) is 1. The first-order valence-corrected chi connectivity index (χ1v) is 7.08. The van der Waals surface area contributed by atoms with Gasteiger partial charge in [0, 0.05) is 37.1 Å². The molecule has 1 amide bonds. The molecule has 0 aromatic carbocycles. The molecule has 6 heteroatoms. The molecule has 0 saturated carbocycles. The van der Waals surface area contributed by atoms with Crippen LogP contribution >= 0.6 is 11.3 Å². The van der Waals surface area contributed by atoms with Gasteiger partial charge in [-0.25, -0.2) is 4.98 Å². The van der Waals surface area contributed by atoms with E-state index in [0.29, 0.717) is 11.7 Å². The van der Waals surface area contributed by atoms with Crippen molar-refractivity contribution in [1.82, 2.24) is 14.5 Å². The molecule has 102 valence electrons. The first-order chi connectivity index (χ1) is 9.17. The predicted molar refractivity (Wildman–Crippen MR) is 77.2 cm³/mol. The summed E-state index contributed by atoms with van der Waals surface area (Å²) in [6.45, 7) is 4.19. The number of nitrogens with one attached hydrogen (secondary N) is 1. The summed E-state index contributed by atoms with van der Waals surface area (Å²) < 4.78 is 2.12. The van der Waals surface area contributed by atoms with Crippen LogP contribution in [0.4, 0.5) is 5.13 Å². The van der Waals surface area contributed by atoms with Crippen molar-refractivity contribution in [1.29, 1.82) is 0 Å². The summed E-state index contributed by atoms with van der Waals surface area (Å²) in [5.74, 6) is -0.0348. The molecule has 5 nitrogen and oxygen atoms in total. The van der Waals surface area contributed by atoms with Gasteiger partial charge in [0.05, 0.1) is 6.54 Å². The average molecular weight is 278 g/mol. The minimum absolute atomic E-state index is 0.0348. The Morgan fingerprint density at radius 3 is 3.05 bits per heavy atom. The molecule has 19 heavy (non-hydrogen) atoms. The molecule has 0 aliphatic rings. The van der Waals surface area contributed by atoms with Crippen molar-refractivity contribution in [3.8, 4) is 0 Å². The lowest BCUT2D eigenvalue weighted by molar-refractivity contribution is -0.117. The van der Waals surface area contributed by atoms with Crippen molar-refractivity contribution >= 4 is 22.4 Å². The molecule has 0 atom stereocenters. The highest BCUT2D eigenvalue weighted by Crippen LogP contribution is 2.10. The van der Waals surface area contributed by atoms with E-state index in [1.165, 1.54) is 16.9 Å². The summed E-state index contributed by atoms with van der Waals surface area (Å²) in [6, 6.07) is 2.08. The van der Waals surface area contributed by atoms with Crippen LogP contribution in [0.25, 0.3) is 0 Å². The van der Waals surface area contributed by atoms with Gasteiger partial charge < -0.3 is 9.88 Å². The molecule has 2 rings (SSSR count). The second-order valence-corrected chi connectivity index (χ2v) is 5.30. The third kappa shape index (κ3) is 4.18. The number of anilines is 1. The van der Waals surface area contributed by atoms with Crippen molar-refractivity contribution in [2.24, 2.45) is 0 Å². The van der Waals surface area contributed by atoms with Gasteiger partial charge in [-0.3, -0.25) is 9.69 Å². The third-order valence-corrected chi connectivity index (χ3v) is 3.41. The molecule has 0 aliphatic carbocycles. The van der Waals surface area contributed by atoms with E-state index in [1.807, 2.05) is 17.3 Å². The number of rotatable bonds is 6. The molecule has 0 saturated heterocycles. The number of nitrogens with zero attached hydrogens (tertiary/aromatic N) is 3. The van der Waals surface area contributed by atoms with Crippen molar-refractivity contribution in [2.75, 3.05) is 18.9 Å². The van der Waals surface area contributed by atoms with E-state index in [9.17, 15) is 4.79 Å². The van der Waals surface area contributed by atoms with Gasteiger partial charge in [0.15, 0.2) is 5.13 Å². The Hall–Kier alpha value is -1.66. The molecule has 2 heterocycles. The number of carbonyl (C=O) groups is 1. The molecule has 2 aromatic heterocycles. The fourth-order valence-electron chi connectivity index (χ4n) is 1.84. The summed E-state index contributed by atoms with van der Waals surface area (Å²) in [7, 11) is 1.94. The fourth-order valence-corrected chi connectivity index (χ4v) is 2.38. The Balaban J connectivity index is 1.80. The summed E-state index contributed by atoms with van der Waals surface area (Å²) in [4.78, 5) is 17.8. The van der Waals surface area contributed by atoms with Gasteiger partial charge in [-0.15, -0.1) is 11.3 Å². The summed E-state index contributed by atoms with van der Waals surface area (Å²) >= 11 is 1.42. The van der Waals surface area contributed by atoms with E-state index in [4.69, 9.17) is 0 Å². The minimum Gasteiger partial charge on any atom is -0.354 e. The number of aryl methyl sites for hydroxylation is 1. The largest absolute Gasteiger partial charge is 0.354 e. The van der Waals surface area contributed by atoms with Gasteiger partial charge in [-0.2, -0.15) is 0 Å². The van der Waals surface area contributed by atoms with Crippen LogP contribution in [-0.4, -0.2) is 34.0 Å². The second kappa shape index (κ2) is 6.49. The Morgan fingerprint density at radius 2 is 2.42 bits per heavy atom. The third-order valence-electron chi connectivity index (χ3n) is 2.72. The smallest absolute Gasteiger partial charge is 0.240 e. The van der Waals surface area contributed by atoms with E-state index in [2.05, 4.69) is 40.3 Å². The lowest BCUT2D eigenvalue weighted by Gasteiger charge is -2.14. The number of amides is 1. The van der Waals surface area contributed by atoms with Gasteiger partial charge in [-0.05, 0) is 25.6 Å². The highest BCUT2D eigenvalue weighted by molar-refractivity contribution is 7.13. The molecule has 0 bridgehead atoms. The van der Waals surface area contributed by atoms with E-state index in [1.54, 1.807) is 6.20 Å². The van der Waals surface area contributed by atoms with Crippen molar-refractivity contribution in [3.63, 3.8) is 0 Å². The fraction of sp³-hybridized carbons (Fsp3) is 0.385. The Labute approximate surface area is 116 Å². The van der Waals surface area contributed by atoms with Crippen LogP contribution in [0.1, 0.15) is 12.5 Å². The lowest BCUT2D eigenvalue weighted by atomic mass is 10.3. The van der Waals surface area contributed by atoms with Crippen LogP contribution in [0.5, 0.6) is 0 Å². The van der Waals surface area contributed by atoms with E-state index < -0.39 is 0 Å². The van der Waals surface area contributed by atoms with Gasteiger partial charge in [0.2, 0.25) is 5.91 Å². The summed E-state index contributed by atoms with van der Waals surface area (Å²) in [6.07, 6.45) is 5.84. The zero-order chi connectivity index (χ0) is 13.7. The number of thiazole rings is 1. The van der Waals surface area contributed by atoms with Crippen LogP contribution in [-0.2, 0) is 17.9 Å². The topological polar surface area (TPSA) is 50.2 Å². The molecule has 1 N–H and O–H groups in total. The zero-order valence-electron chi connectivity index (χ0n) is 11.2. The maximum Gasteiger partial charge on any atom is 0.240 e. The summed E-state index contributed by atoms with van der Waals surface area (Å²) in [5.41, 5.74) is 1.21. The van der Waals surface area contributed by atoms with Crippen LogP contribution in [0, 0.1) is 0 Å². The molecule has 0 spiro atoms. The number of aromatic nitrogens is 2. The molecular weight excluding hydrogens is 260 g/mol. The molecular formula is C13H18N4OS. The first-order valence-electron chi connectivity index (χ1n) is 6.20. The van der Waals surface area contributed by atoms with Crippen molar-refractivity contribution < 1.29 is 4.79 Å². The highest BCUT2D eigenvalue weighted by atomic mass is 32.1.